The van der Waals surface area contributed by atoms with Crippen molar-refractivity contribution in [2.75, 3.05) is 18.4 Å². The molecule has 0 spiro atoms. The van der Waals surface area contributed by atoms with E-state index < -0.39 is 18.6 Å². The quantitative estimate of drug-likeness (QED) is 0.845. The van der Waals surface area contributed by atoms with Crippen molar-refractivity contribution in [3.05, 3.63) is 18.1 Å². The molecule has 8 heteroatoms. The maximum Gasteiger partial charge on any atom is 0.405 e. The van der Waals surface area contributed by atoms with Gasteiger partial charge in [0.15, 0.2) is 0 Å². The number of anilines is 1. The second-order valence-electron chi connectivity index (χ2n) is 3.51. The summed E-state index contributed by atoms with van der Waals surface area (Å²) in [5.41, 5.74) is -0.152. The number of carbonyl (C=O) groups is 1. The topological polar surface area (TPSA) is 66.9 Å². The van der Waals surface area contributed by atoms with Gasteiger partial charge >= 0.3 is 6.18 Å². The van der Waals surface area contributed by atoms with Crippen LogP contribution in [0.15, 0.2) is 12.4 Å². The molecule has 1 heterocycles. The van der Waals surface area contributed by atoms with Crippen LogP contribution in [-0.4, -0.2) is 35.1 Å². The Morgan fingerprint density at radius 2 is 2.11 bits per heavy atom. The molecule has 0 saturated carbocycles. The highest BCUT2D eigenvalue weighted by Gasteiger charge is 2.28. The van der Waals surface area contributed by atoms with Crippen LogP contribution in [0.1, 0.15) is 23.8 Å². The van der Waals surface area contributed by atoms with Crippen LogP contribution in [0, 0.1) is 0 Å². The van der Waals surface area contributed by atoms with Gasteiger partial charge in [-0.25, -0.2) is 4.98 Å². The van der Waals surface area contributed by atoms with Crippen LogP contribution in [0.4, 0.5) is 19.0 Å². The first-order chi connectivity index (χ1) is 8.42. The third kappa shape index (κ3) is 4.98. The summed E-state index contributed by atoms with van der Waals surface area (Å²) >= 11 is 0. The molecule has 0 aliphatic heterocycles. The van der Waals surface area contributed by atoms with Gasteiger partial charge in [-0.1, -0.05) is 6.92 Å². The Morgan fingerprint density at radius 3 is 2.72 bits per heavy atom. The molecule has 1 aromatic heterocycles. The third-order valence-electron chi connectivity index (χ3n) is 1.87. The summed E-state index contributed by atoms with van der Waals surface area (Å²) in [6, 6.07) is 0. The van der Waals surface area contributed by atoms with Crippen LogP contribution < -0.4 is 10.6 Å². The second kappa shape index (κ2) is 6.18. The van der Waals surface area contributed by atoms with Crippen molar-refractivity contribution in [2.45, 2.75) is 19.5 Å². The lowest BCUT2D eigenvalue weighted by molar-refractivity contribution is -0.123. The maximum absolute atomic E-state index is 11.9. The summed E-state index contributed by atoms with van der Waals surface area (Å²) in [4.78, 5) is 19.0. The highest BCUT2D eigenvalue weighted by atomic mass is 19.4. The van der Waals surface area contributed by atoms with Crippen LogP contribution in [-0.2, 0) is 0 Å². The molecule has 0 aromatic carbocycles. The molecule has 100 valence electrons. The molecular formula is C10H13F3N4O. The van der Waals surface area contributed by atoms with E-state index in [1.165, 1.54) is 6.20 Å². The van der Waals surface area contributed by atoms with E-state index in [1.807, 2.05) is 6.92 Å². The van der Waals surface area contributed by atoms with Gasteiger partial charge in [-0.15, -0.1) is 0 Å². The van der Waals surface area contributed by atoms with Crippen LogP contribution in [0.25, 0.3) is 0 Å². The van der Waals surface area contributed by atoms with E-state index in [0.29, 0.717) is 12.4 Å². The standard InChI is InChI=1S/C10H13F3N4O/c1-2-3-15-8-5-14-4-7(17-8)9(18)16-6-10(11,12)13/h4-5H,2-3,6H2,1H3,(H,15,17)(H,16,18). The first-order valence-electron chi connectivity index (χ1n) is 5.33. The van der Waals surface area contributed by atoms with E-state index in [2.05, 4.69) is 15.3 Å². The second-order valence-corrected chi connectivity index (χ2v) is 3.51. The summed E-state index contributed by atoms with van der Waals surface area (Å²) in [6.07, 6.45) is -1.08. The minimum atomic E-state index is -4.44. The number of hydrogen-bond donors (Lipinski definition) is 2. The maximum atomic E-state index is 11.9. The van der Waals surface area contributed by atoms with Crippen LogP contribution in [0.2, 0.25) is 0 Å². The Kier molecular flexibility index (Phi) is 4.87. The summed E-state index contributed by atoms with van der Waals surface area (Å²) in [6.45, 7) is 1.20. The van der Waals surface area contributed by atoms with Crippen molar-refractivity contribution in [1.82, 2.24) is 15.3 Å². The Hall–Kier alpha value is -1.86. The zero-order valence-electron chi connectivity index (χ0n) is 9.71. The number of amides is 1. The van der Waals surface area contributed by atoms with Crippen LogP contribution >= 0.6 is 0 Å². The van der Waals surface area contributed by atoms with Crippen LogP contribution in [0.5, 0.6) is 0 Å². The predicted octanol–water partition coefficient (Wildman–Crippen LogP) is 1.59. The molecule has 0 saturated heterocycles. The highest BCUT2D eigenvalue weighted by Crippen LogP contribution is 2.12. The molecule has 1 amide bonds. The molecule has 0 bridgehead atoms. The number of alkyl halides is 3. The molecule has 18 heavy (non-hydrogen) atoms. The predicted molar refractivity (Wildman–Crippen MR) is 59.2 cm³/mol. The molecule has 0 unspecified atom stereocenters. The molecule has 2 N–H and O–H groups in total. The summed E-state index contributed by atoms with van der Waals surface area (Å²) in [5, 5.41) is 4.61. The average Bonchev–Trinajstić information content (AvgIpc) is 2.33. The van der Waals surface area contributed by atoms with Crippen molar-refractivity contribution in [1.29, 1.82) is 0 Å². The zero-order valence-corrected chi connectivity index (χ0v) is 9.71. The molecule has 0 atom stereocenters. The monoisotopic (exact) mass is 262 g/mol. The number of halogens is 3. The Balaban J connectivity index is 2.62. The van der Waals surface area contributed by atoms with Gasteiger partial charge in [0.1, 0.15) is 18.1 Å². The molecule has 0 aliphatic rings. The summed E-state index contributed by atoms with van der Waals surface area (Å²) in [7, 11) is 0. The molecule has 0 fully saturated rings. The Labute approximate surface area is 102 Å². The molecule has 5 nitrogen and oxygen atoms in total. The van der Waals surface area contributed by atoms with Gasteiger partial charge < -0.3 is 10.6 Å². The van der Waals surface area contributed by atoms with Gasteiger partial charge in [0, 0.05) is 6.54 Å². The Bertz CT molecular complexity index is 408. The van der Waals surface area contributed by atoms with Gasteiger partial charge in [-0.3, -0.25) is 9.78 Å². The lowest BCUT2D eigenvalue weighted by Gasteiger charge is -2.08. The van der Waals surface area contributed by atoms with E-state index in [9.17, 15) is 18.0 Å². The number of aromatic nitrogens is 2. The number of rotatable bonds is 5. The van der Waals surface area contributed by atoms with Gasteiger partial charge in [-0.05, 0) is 6.42 Å². The largest absolute Gasteiger partial charge is 0.405 e. The summed E-state index contributed by atoms with van der Waals surface area (Å²) in [5.74, 6) is -0.545. The summed E-state index contributed by atoms with van der Waals surface area (Å²) < 4.78 is 35.7. The fraction of sp³-hybridized carbons (Fsp3) is 0.500. The minimum Gasteiger partial charge on any atom is -0.369 e. The van der Waals surface area contributed by atoms with Crippen molar-refractivity contribution in [3.63, 3.8) is 0 Å². The number of hydrogen-bond acceptors (Lipinski definition) is 4. The molecule has 1 aromatic rings. The number of nitrogens with one attached hydrogen (secondary N) is 2. The smallest absolute Gasteiger partial charge is 0.369 e. The van der Waals surface area contributed by atoms with Gasteiger partial charge in [0.2, 0.25) is 0 Å². The zero-order chi connectivity index (χ0) is 13.6. The lowest BCUT2D eigenvalue weighted by Crippen LogP contribution is -2.34. The third-order valence-corrected chi connectivity index (χ3v) is 1.87. The Morgan fingerprint density at radius 1 is 1.39 bits per heavy atom. The van der Waals surface area contributed by atoms with E-state index in [4.69, 9.17) is 0 Å². The van der Waals surface area contributed by atoms with Crippen molar-refractivity contribution < 1.29 is 18.0 Å². The van der Waals surface area contributed by atoms with Crippen LogP contribution in [0.3, 0.4) is 0 Å². The van der Waals surface area contributed by atoms with Gasteiger partial charge in [-0.2, -0.15) is 13.2 Å². The van der Waals surface area contributed by atoms with E-state index in [1.54, 1.807) is 5.32 Å². The molecular weight excluding hydrogens is 249 g/mol. The van der Waals surface area contributed by atoms with Gasteiger partial charge in [0.25, 0.3) is 5.91 Å². The van der Waals surface area contributed by atoms with Gasteiger partial charge in [0.05, 0.1) is 12.4 Å². The van der Waals surface area contributed by atoms with E-state index in [-0.39, 0.29) is 5.69 Å². The first kappa shape index (κ1) is 14.2. The normalized spacial score (nSPS) is 11.1. The highest BCUT2D eigenvalue weighted by molar-refractivity contribution is 5.92. The first-order valence-corrected chi connectivity index (χ1v) is 5.33. The average molecular weight is 262 g/mol. The number of carbonyl (C=O) groups excluding carboxylic acids is 1. The minimum absolute atomic E-state index is 0.152. The molecule has 0 aliphatic carbocycles. The molecule has 1 rings (SSSR count). The van der Waals surface area contributed by atoms with Crippen molar-refractivity contribution in [3.8, 4) is 0 Å². The SMILES string of the molecule is CCCNc1cncc(C(=O)NCC(F)(F)F)n1. The fourth-order valence-electron chi connectivity index (χ4n) is 1.08. The number of nitrogens with zero attached hydrogens (tertiary/aromatic N) is 2. The fourth-order valence-corrected chi connectivity index (χ4v) is 1.08. The van der Waals surface area contributed by atoms with Crippen molar-refractivity contribution in [2.24, 2.45) is 0 Å². The van der Waals surface area contributed by atoms with E-state index in [0.717, 1.165) is 12.6 Å². The van der Waals surface area contributed by atoms with E-state index >= 15 is 0 Å². The van der Waals surface area contributed by atoms with Crippen molar-refractivity contribution >= 4 is 11.7 Å². The lowest BCUT2D eigenvalue weighted by atomic mass is 10.4. The molecule has 0 radical (unpaired) electrons.